The van der Waals surface area contributed by atoms with Crippen LogP contribution in [0.1, 0.15) is 27.0 Å². The average molecular weight is 473 g/mol. The van der Waals surface area contributed by atoms with E-state index in [4.69, 9.17) is 33.5 Å². The fourth-order valence-electron chi connectivity index (χ4n) is 3.65. The molecule has 0 aliphatic carbocycles. The molecule has 0 radical (unpaired) electrons. The van der Waals surface area contributed by atoms with Crippen molar-refractivity contribution in [2.75, 3.05) is 26.1 Å². The number of hydrogen-bond acceptors (Lipinski definition) is 13. The lowest BCUT2D eigenvalue weighted by Crippen LogP contribution is -2.48. The Balaban J connectivity index is 1.60. The van der Waals surface area contributed by atoms with Crippen LogP contribution in [0.3, 0.4) is 0 Å². The van der Waals surface area contributed by atoms with Crippen molar-refractivity contribution in [1.82, 2.24) is 19.5 Å². The highest BCUT2D eigenvalue weighted by Gasteiger charge is 2.60. The van der Waals surface area contributed by atoms with Crippen LogP contribution >= 0.6 is 7.82 Å². The van der Waals surface area contributed by atoms with Gasteiger partial charge in [-0.15, -0.1) is 0 Å². The number of nitrogens with two attached hydrogens (primary N) is 1. The number of carbonyl (C=O) groups is 1. The van der Waals surface area contributed by atoms with Gasteiger partial charge in [0.05, 0.1) is 26.7 Å². The fourth-order valence-corrected chi connectivity index (χ4v) is 5.25. The number of methoxy groups -OCH3 is 1. The van der Waals surface area contributed by atoms with Gasteiger partial charge in [0.1, 0.15) is 17.8 Å². The van der Waals surface area contributed by atoms with Crippen molar-refractivity contribution in [2.24, 2.45) is 0 Å². The molecule has 0 amide bonds. The smallest absolute Gasteiger partial charge is 0.476 e. The van der Waals surface area contributed by atoms with E-state index in [0.29, 0.717) is 5.52 Å². The number of hydrogen-bond donors (Lipinski definition) is 2. The summed E-state index contributed by atoms with van der Waals surface area (Å²) < 4.78 is 46.4. The highest BCUT2D eigenvalue weighted by molar-refractivity contribution is 7.48. The van der Waals surface area contributed by atoms with Crippen LogP contribution in [0.2, 0.25) is 0 Å². The Morgan fingerprint density at radius 3 is 2.94 bits per heavy atom. The molecule has 2 aliphatic heterocycles. The van der Waals surface area contributed by atoms with E-state index in [-0.39, 0.29) is 30.7 Å². The Morgan fingerprint density at radius 1 is 1.50 bits per heavy atom. The molecule has 4 rings (SSSR count). The molecular weight excluding hydrogens is 449 g/mol. The lowest BCUT2D eigenvalue weighted by molar-refractivity contribution is -0.153. The van der Waals surface area contributed by atoms with Crippen molar-refractivity contribution in [3.05, 3.63) is 6.33 Å². The van der Waals surface area contributed by atoms with Gasteiger partial charge in [-0.2, -0.15) is 9.97 Å². The molecule has 2 aromatic heterocycles. The molecule has 6 atom stereocenters. The van der Waals surface area contributed by atoms with E-state index < -0.39 is 43.9 Å². The van der Waals surface area contributed by atoms with Crippen LogP contribution < -0.4 is 10.5 Å². The van der Waals surface area contributed by atoms with E-state index in [0.717, 1.165) is 0 Å². The van der Waals surface area contributed by atoms with Gasteiger partial charge in [0, 0.05) is 0 Å². The summed E-state index contributed by atoms with van der Waals surface area (Å²) in [6.45, 7) is 4.35. The van der Waals surface area contributed by atoms with Crippen LogP contribution in [-0.4, -0.2) is 74.8 Å². The van der Waals surface area contributed by atoms with Crippen molar-refractivity contribution in [3.63, 3.8) is 0 Å². The van der Waals surface area contributed by atoms with Gasteiger partial charge >= 0.3 is 13.8 Å². The first-order valence-electron chi connectivity index (χ1n) is 9.79. The van der Waals surface area contributed by atoms with Crippen LogP contribution in [-0.2, 0) is 32.4 Å². The van der Waals surface area contributed by atoms with Gasteiger partial charge in [0.15, 0.2) is 23.5 Å². The van der Waals surface area contributed by atoms with Gasteiger partial charge in [-0.05, 0) is 20.8 Å². The lowest BCUT2D eigenvalue weighted by atomic mass is 9.96. The maximum atomic E-state index is 13.0. The second-order valence-electron chi connectivity index (χ2n) is 7.44. The van der Waals surface area contributed by atoms with E-state index in [1.165, 1.54) is 31.9 Å². The minimum absolute atomic E-state index is 0.0587. The second kappa shape index (κ2) is 8.21. The summed E-state index contributed by atoms with van der Waals surface area (Å²) in [5.74, 6) is -0.621. The molecule has 0 spiro atoms. The predicted molar refractivity (Wildman–Crippen MR) is 106 cm³/mol. The van der Waals surface area contributed by atoms with E-state index >= 15 is 0 Å². The van der Waals surface area contributed by atoms with Crippen LogP contribution in [0.15, 0.2) is 6.33 Å². The van der Waals surface area contributed by atoms with Gasteiger partial charge in [-0.3, -0.25) is 18.1 Å². The zero-order valence-corrected chi connectivity index (χ0v) is 18.7. The molecule has 4 heterocycles. The van der Waals surface area contributed by atoms with Crippen molar-refractivity contribution in [1.29, 1.82) is 0 Å². The second-order valence-corrected chi connectivity index (χ2v) is 9.01. The molecule has 3 N–H and O–H groups in total. The topological polar surface area (TPSA) is 179 Å². The molecular formula is C17H24N5O9P. The molecule has 32 heavy (non-hydrogen) atoms. The Morgan fingerprint density at radius 2 is 2.25 bits per heavy atom. The molecule has 2 aliphatic rings. The number of rotatable bonds is 6. The maximum absolute atomic E-state index is 13.0. The predicted octanol–water partition coefficient (Wildman–Crippen LogP) is 0.557. The average Bonchev–Trinajstić information content (AvgIpc) is 3.25. The third-order valence-electron chi connectivity index (χ3n) is 5.12. The first-order valence-corrected chi connectivity index (χ1v) is 11.3. The normalized spacial score (nSPS) is 33.1. The number of ether oxygens (including phenoxy) is 3. The van der Waals surface area contributed by atoms with Crippen LogP contribution in [0.4, 0.5) is 5.95 Å². The van der Waals surface area contributed by atoms with E-state index in [2.05, 4.69) is 15.0 Å². The van der Waals surface area contributed by atoms with Gasteiger partial charge in [-0.25, -0.2) is 14.3 Å². The first-order chi connectivity index (χ1) is 15.1. The SMILES string of the molecule is CCOC(=O)[C@@H](C)OP1(=O)OC[C@H]2O[C@@H](n3cnc4c(OC)nc(N)nc43)[C@](C)(O)[C@@H]2O1. The number of aromatic nitrogens is 4. The summed E-state index contributed by atoms with van der Waals surface area (Å²) in [7, 11) is -2.79. The van der Waals surface area contributed by atoms with E-state index in [1.807, 2.05) is 0 Å². The highest BCUT2D eigenvalue weighted by Crippen LogP contribution is 2.59. The number of anilines is 1. The fraction of sp³-hybridized carbons (Fsp3) is 0.647. The van der Waals surface area contributed by atoms with Crippen molar-refractivity contribution < 1.29 is 42.2 Å². The molecule has 0 bridgehead atoms. The van der Waals surface area contributed by atoms with Gasteiger partial charge in [-0.1, -0.05) is 0 Å². The van der Waals surface area contributed by atoms with Crippen LogP contribution in [0.25, 0.3) is 11.2 Å². The molecule has 1 unspecified atom stereocenters. The molecule has 14 nitrogen and oxygen atoms in total. The Kier molecular flexibility index (Phi) is 5.86. The highest BCUT2D eigenvalue weighted by atomic mass is 31.2. The zero-order valence-electron chi connectivity index (χ0n) is 17.8. The molecule has 0 aromatic carbocycles. The van der Waals surface area contributed by atoms with Crippen molar-refractivity contribution >= 4 is 30.9 Å². The van der Waals surface area contributed by atoms with E-state index in [1.54, 1.807) is 6.92 Å². The molecule has 15 heteroatoms. The molecule has 0 saturated carbocycles. The number of phosphoric ester groups is 1. The zero-order chi connectivity index (χ0) is 23.3. The molecule has 2 saturated heterocycles. The third-order valence-corrected chi connectivity index (χ3v) is 6.64. The van der Waals surface area contributed by atoms with Gasteiger partial charge < -0.3 is 25.1 Å². The summed E-state index contributed by atoms with van der Waals surface area (Å²) in [5.41, 5.74) is 4.61. The van der Waals surface area contributed by atoms with Crippen molar-refractivity contribution in [2.45, 2.75) is 50.9 Å². The van der Waals surface area contributed by atoms with Crippen LogP contribution in [0.5, 0.6) is 5.88 Å². The quantitative estimate of drug-likeness (QED) is 0.439. The minimum atomic E-state index is -4.20. The summed E-state index contributed by atoms with van der Waals surface area (Å²) in [5, 5.41) is 11.3. The number of imidazole rings is 1. The van der Waals surface area contributed by atoms with Crippen molar-refractivity contribution in [3.8, 4) is 5.88 Å². The number of carbonyl (C=O) groups excluding carboxylic acids is 1. The number of esters is 1. The molecule has 2 aromatic rings. The molecule has 2 fully saturated rings. The number of aliphatic hydroxyl groups is 1. The Labute approximate surface area is 182 Å². The first kappa shape index (κ1) is 22.8. The minimum Gasteiger partial charge on any atom is -0.479 e. The monoisotopic (exact) mass is 473 g/mol. The Hall–Kier alpha value is -2.35. The number of fused-ring (bicyclic) bond motifs is 2. The largest absolute Gasteiger partial charge is 0.479 e. The standard InChI is InChI=1S/C17H24N5O9P/c1-5-27-14(23)8(2)30-32(25)28-6-9-11(31-32)17(3,24)15(29-9)22-7-19-10-12(22)20-16(18)21-13(10)26-4/h7-9,11,15,24H,5-6H2,1-4H3,(H2,18,20,21)/t8-,9-,11-,15-,17-,32?/m1/s1. The van der Waals surface area contributed by atoms with Gasteiger partial charge in [0.2, 0.25) is 11.8 Å². The third kappa shape index (κ3) is 3.83. The Bertz CT molecular complexity index is 1080. The maximum Gasteiger partial charge on any atom is 0.476 e. The summed E-state index contributed by atoms with van der Waals surface area (Å²) in [4.78, 5) is 24.2. The van der Waals surface area contributed by atoms with Gasteiger partial charge in [0.25, 0.3) is 0 Å². The lowest BCUT2D eigenvalue weighted by Gasteiger charge is -2.35. The molecule has 176 valence electrons. The number of nitrogens with zero attached hydrogens (tertiary/aromatic N) is 4. The number of nitrogen functional groups attached to an aromatic ring is 1. The summed E-state index contributed by atoms with van der Waals surface area (Å²) in [6.07, 6.45) is -2.78. The number of phosphoric acid groups is 1. The summed E-state index contributed by atoms with van der Waals surface area (Å²) in [6, 6.07) is 0. The van der Waals surface area contributed by atoms with E-state index in [9.17, 15) is 14.5 Å². The summed E-state index contributed by atoms with van der Waals surface area (Å²) >= 11 is 0. The van der Waals surface area contributed by atoms with Crippen LogP contribution in [0, 0.1) is 0 Å².